The summed E-state index contributed by atoms with van der Waals surface area (Å²) in [7, 11) is 1.69. The topological polar surface area (TPSA) is 126 Å². The second kappa shape index (κ2) is 8.56. The van der Waals surface area contributed by atoms with Crippen molar-refractivity contribution in [2.75, 3.05) is 20.1 Å². The van der Waals surface area contributed by atoms with Gasteiger partial charge in [0.1, 0.15) is 12.7 Å². The van der Waals surface area contributed by atoms with Gasteiger partial charge in [-0.1, -0.05) is 6.07 Å². The number of rotatable bonds is 6. The number of benzene rings is 2. The number of phenols is 1. The van der Waals surface area contributed by atoms with Gasteiger partial charge in [0.2, 0.25) is 0 Å². The van der Waals surface area contributed by atoms with Gasteiger partial charge in [0, 0.05) is 37.3 Å². The van der Waals surface area contributed by atoms with Crippen molar-refractivity contribution in [1.82, 2.24) is 9.80 Å². The number of piperidine rings is 1. The van der Waals surface area contributed by atoms with Crippen molar-refractivity contribution in [3.8, 4) is 11.5 Å². The van der Waals surface area contributed by atoms with E-state index in [2.05, 4.69) is 4.90 Å². The molecule has 3 fully saturated rings. The molecule has 2 N–H and O–H groups in total. The molecule has 2 bridgehead atoms. The number of likely N-dealkylation sites (tertiary alicyclic amines) is 1. The standard InChI is InChI=1S/C29H33N3O7/c1-30(27(34)38-16-18-4-7-20(8-5-18)32(36)37)21-10-11-29(35)23-14-19-6-9-22(33)25-24(19)28(29,26(21)39-25)12-13-31(23)15-17-2-3-17/h4-9,17,21,23,26,33,35H,2-3,10-16H2,1H3/t21?,23-,26?,28+,29?/m1/s1. The number of aliphatic hydroxyl groups is 1. The summed E-state index contributed by atoms with van der Waals surface area (Å²) in [6.07, 6.45) is 3.96. The number of hydrogen-bond donors (Lipinski definition) is 2. The van der Waals surface area contributed by atoms with Crippen molar-refractivity contribution in [2.45, 2.75) is 74.3 Å². The molecule has 1 spiro atoms. The fourth-order valence-corrected chi connectivity index (χ4v) is 7.95. The summed E-state index contributed by atoms with van der Waals surface area (Å²) < 4.78 is 12.1. The number of amides is 1. The largest absolute Gasteiger partial charge is 0.504 e. The number of carbonyl (C=O) groups excluding carboxylic acids is 1. The smallest absolute Gasteiger partial charge is 0.410 e. The number of nitrogens with zero attached hydrogens (tertiary/aromatic N) is 3. The second-order valence-corrected chi connectivity index (χ2v) is 12.0. The Balaban J connectivity index is 1.17. The molecule has 5 aliphatic rings. The first-order chi connectivity index (χ1) is 18.7. The van der Waals surface area contributed by atoms with E-state index in [1.54, 1.807) is 30.1 Å². The van der Waals surface area contributed by atoms with E-state index in [1.807, 2.05) is 6.07 Å². The van der Waals surface area contributed by atoms with Crippen molar-refractivity contribution in [1.29, 1.82) is 0 Å². The molecule has 7 rings (SSSR count). The Morgan fingerprint density at radius 2 is 1.97 bits per heavy atom. The summed E-state index contributed by atoms with van der Waals surface area (Å²) in [5, 5.41) is 34.3. The summed E-state index contributed by atoms with van der Waals surface area (Å²) in [6, 6.07) is 9.19. The molecule has 1 saturated heterocycles. The highest BCUT2D eigenvalue weighted by Gasteiger charge is 2.73. The molecule has 10 nitrogen and oxygen atoms in total. The SMILES string of the molecule is CN(C(=O)OCc1ccc([N+](=O)[O-])cc1)C1CCC2(O)[C@H]3Cc4ccc(O)c5c4[C@@]2(CCN3CC2CC2)C1O5. The van der Waals surface area contributed by atoms with Crippen LogP contribution in [0.5, 0.6) is 11.5 Å². The Morgan fingerprint density at radius 1 is 1.21 bits per heavy atom. The van der Waals surface area contributed by atoms with Crippen LogP contribution in [0.4, 0.5) is 10.5 Å². The van der Waals surface area contributed by atoms with Gasteiger partial charge < -0.3 is 24.6 Å². The van der Waals surface area contributed by atoms with Crippen molar-refractivity contribution in [3.05, 3.63) is 63.2 Å². The highest BCUT2D eigenvalue weighted by Crippen LogP contribution is 2.66. The summed E-state index contributed by atoms with van der Waals surface area (Å²) in [5.74, 6) is 1.23. The number of likely N-dealkylation sites (N-methyl/N-ethyl adjacent to an activating group) is 1. The van der Waals surface area contributed by atoms with Crippen LogP contribution < -0.4 is 4.74 Å². The lowest BCUT2D eigenvalue weighted by atomic mass is 9.48. The van der Waals surface area contributed by atoms with Crippen LogP contribution >= 0.6 is 0 Å². The van der Waals surface area contributed by atoms with Gasteiger partial charge in [-0.3, -0.25) is 15.0 Å². The minimum Gasteiger partial charge on any atom is -0.504 e. The third-order valence-electron chi connectivity index (χ3n) is 10.0. The molecular weight excluding hydrogens is 502 g/mol. The molecular formula is C29H33N3O7. The minimum atomic E-state index is -1.02. The van der Waals surface area contributed by atoms with Crippen LogP contribution in [0.25, 0.3) is 0 Å². The summed E-state index contributed by atoms with van der Waals surface area (Å²) in [5.41, 5.74) is 0.938. The minimum absolute atomic E-state index is 0.0160. The lowest BCUT2D eigenvalue weighted by Crippen LogP contribution is -2.78. The fourth-order valence-electron chi connectivity index (χ4n) is 7.95. The zero-order chi connectivity index (χ0) is 27.1. The first-order valence-electron chi connectivity index (χ1n) is 13.8. The van der Waals surface area contributed by atoms with E-state index in [4.69, 9.17) is 9.47 Å². The van der Waals surface area contributed by atoms with Gasteiger partial charge in [0.25, 0.3) is 5.69 Å². The molecule has 2 aromatic rings. The zero-order valence-electron chi connectivity index (χ0n) is 21.9. The van der Waals surface area contributed by atoms with Crippen LogP contribution in [0.1, 0.15) is 48.8 Å². The highest BCUT2D eigenvalue weighted by molar-refractivity contribution is 5.69. The number of ether oxygens (including phenoxy) is 2. The Labute approximate surface area is 226 Å². The predicted molar refractivity (Wildman–Crippen MR) is 140 cm³/mol. The highest BCUT2D eigenvalue weighted by atomic mass is 16.6. The number of phenolic OH excluding ortho intramolecular Hbond substituents is 1. The van der Waals surface area contributed by atoms with Crippen LogP contribution in [-0.4, -0.2) is 75.0 Å². The van der Waals surface area contributed by atoms with Gasteiger partial charge in [-0.05, 0) is 80.3 Å². The Morgan fingerprint density at radius 3 is 2.69 bits per heavy atom. The van der Waals surface area contributed by atoms with Crippen LogP contribution in [0.2, 0.25) is 0 Å². The Hall–Kier alpha value is -3.37. The van der Waals surface area contributed by atoms with E-state index < -0.39 is 28.1 Å². The van der Waals surface area contributed by atoms with E-state index >= 15 is 0 Å². The quantitative estimate of drug-likeness (QED) is 0.425. The molecule has 0 radical (unpaired) electrons. The summed E-state index contributed by atoms with van der Waals surface area (Å²) in [4.78, 5) is 27.7. The monoisotopic (exact) mass is 535 g/mol. The molecule has 2 saturated carbocycles. The average molecular weight is 536 g/mol. The van der Waals surface area contributed by atoms with Gasteiger partial charge in [0.15, 0.2) is 11.5 Å². The van der Waals surface area contributed by atoms with Crippen LogP contribution in [-0.2, 0) is 23.2 Å². The number of nitro benzene ring substituents is 1. The molecule has 2 heterocycles. The molecule has 5 atom stereocenters. The normalized spacial score (nSPS) is 32.2. The third-order valence-corrected chi connectivity index (χ3v) is 10.0. The number of non-ortho nitro benzene ring substituents is 1. The number of nitro groups is 1. The second-order valence-electron chi connectivity index (χ2n) is 12.0. The van der Waals surface area contributed by atoms with Gasteiger partial charge in [-0.2, -0.15) is 0 Å². The molecule has 3 aliphatic carbocycles. The fraction of sp³-hybridized carbons (Fsp3) is 0.552. The molecule has 0 aromatic heterocycles. The lowest BCUT2D eigenvalue weighted by molar-refractivity contribution is -0.384. The van der Waals surface area contributed by atoms with E-state index in [-0.39, 0.29) is 30.1 Å². The van der Waals surface area contributed by atoms with E-state index in [9.17, 15) is 25.1 Å². The average Bonchev–Trinajstić information content (AvgIpc) is 3.67. The third kappa shape index (κ3) is 3.50. The van der Waals surface area contributed by atoms with Gasteiger partial charge in [-0.15, -0.1) is 0 Å². The van der Waals surface area contributed by atoms with Gasteiger partial charge >= 0.3 is 6.09 Å². The Bertz CT molecular complexity index is 1350. The lowest BCUT2D eigenvalue weighted by Gasteiger charge is -2.64. The number of aromatic hydroxyl groups is 1. The molecule has 10 heteroatoms. The zero-order valence-corrected chi connectivity index (χ0v) is 21.9. The van der Waals surface area contributed by atoms with Crippen molar-refractivity contribution in [3.63, 3.8) is 0 Å². The number of carbonyl (C=O) groups is 1. The van der Waals surface area contributed by atoms with Crippen LogP contribution in [0.15, 0.2) is 36.4 Å². The molecule has 2 aromatic carbocycles. The maximum absolute atomic E-state index is 13.2. The first kappa shape index (κ1) is 24.7. The van der Waals surface area contributed by atoms with Crippen molar-refractivity contribution in [2.24, 2.45) is 5.92 Å². The molecule has 3 unspecified atom stereocenters. The van der Waals surface area contributed by atoms with E-state index in [1.165, 1.54) is 25.0 Å². The van der Waals surface area contributed by atoms with E-state index in [0.717, 1.165) is 30.6 Å². The molecule has 206 valence electrons. The summed E-state index contributed by atoms with van der Waals surface area (Å²) >= 11 is 0. The van der Waals surface area contributed by atoms with Gasteiger partial charge in [0.05, 0.1) is 22.0 Å². The molecule has 2 aliphatic heterocycles. The Kier molecular flexibility index (Phi) is 5.41. The van der Waals surface area contributed by atoms with E-state index in [0.29, 0.717) is 36.5 Å². The maximum atomic E-state index is 13.2. The van der Waals surface area contributed by atoms with Crippen molar-refractivity contribution >= 4 is 11.8 Å². The predicted octanol–water partition coefficient (Wildman–Crippen LogP) is 3.50. The first-order valence-corrected chi connectivity index (χ1v) is 13.8. The molecule has 1 amide bonds. The maximum Gasteiger partial charge on any atom is 0.410 e. The molecule has 39 heavy (non-hydrogen) atoms. The van der Waals surface area contributed by atoms with Crippen LogP contribution in [0, 0.1) is 16.0 Å². The van der Waals surface area contributed by atoms with Crippen LogP contribution in [0.3, 0.4) is 0 Å². The van der Waals surface area contributed by atoms with Crippen molar-refractivity contribution < 1.29 is 29.4 Å². The number of hydrogen-bond acceptors (Lipinski definition) is 8. The summed E-state index contributed by atoms with van der Waals surface area (Å²) in [6.45, 7) is 1.84. The van der Waals surface area contributed by atoms with Gasteiger partial charge in [-0.25, -0.2) is 4.79 Å².